The fourth-order valence-corrected chi connectivity index (χ4v) is 2.68. The van der Waals surface area contributed by atoms with Crippen LogP contribution < -0.4 is 11.3 Å². The Bertz CT molecular complexity index is 395. The molecule has 0 aliphatic rings. The first kappa shape index (κ1) is 9.72. The minimum Gasteiger partial charge on any atom is -0.270 e. The largest absolute Gasteiger partial charge is 0.270 e. The predicted octanol–water partition coefficient (Wildman–Crippen LogP) is 1.46. The minimum atomic E-state index is -0.0336. The van der Waals surface area contributed by atoms with E-state index in [1.807, 2.05) is 23.9 Å². The molecule has 0 fully saturated rings. The molecule has 74 valence electrons. The third-order valence-corrected chi connectivity index (χ3v) is 3.53. The molecule has 0 spiro atoms. The topological polar surface area (TPSA) is 63.8 Å². The Labute approximate surface area is 89.9 Å². The fraction of sp³-hybridized carbons (Fsp3) is 0.250. The minimum absolute atomic E-state index is 0.0336. The molecule has 1 unspecified atom stereocenters. The summed E-state index contributed by atoms with van der Waals surface area (Å²) in [6.45, 7) is 1.97. The van der Waals surface area contributed by atoms with Crippen molar-refractivity contribution in [2.75, 3.05) is 0 Å². The number of hydrogen-bond donors (Lipinski definition) is 2. The normalized spacial score (nSPS) is 13.0. The van der Waals surface area contributed by atoms with E-state index in [1.165, 1.54) is 11.5 Å². The van der Waals surface area contributed by atoms with Gasteiger partial charge in [0.2, 0.25) is 0 Å². The highest BCUT2D eigenvalue weighted by Gasteiger charge is 2.18. The van der Waals surface area contributed by atoms with Gasteiger partial charge in [-0.25, -0.2) is 10.4 Å². The molecule has 1 atom stereocenters. The Balaban J connectivity index is 2.36. The number of aromatic nitrogens is 2. The molecule has 0 amide bonds. The van der Waals surface area contributed by atoms with Crippen molar-refractivity contribution in [1.29, 1.82) is 0 Å². The zero-order chi connectivity index (χ0) is 9.97. The summed E-state index contributed by atoms with van der Waals surface area (Å²) < 4.78 is 4.26. The summed E-state index contributed by atoms with van der Waals surface area (Å²) >= 11 is 3.02. The van der Waals surface area contributed by atoms with Crippen LogP contribution in [-0.4, -0.2) is 9.36 Å². The standard InChI is InChI=1S/C8H10N4S2/c1-5-8(13-4-10-5)7(11-9)6-2-3-14-12-6/h2-4,7,11H,9H2,1H3. The monoisotopic (exact) mass is 226 g/mol. The van der Waals surface area contributed by atoms with Crippen LogP contribution in [0.2, 0.25) is 0 Å². The van der Waals surface area contributed by atoms with Gasteiger partial charge < -0.3 is 0 Å². The van der Waals surface area contributed by atoms with Crippen LogP contribution in [0.1, 0.15) is 22.3 Å². The van der Waals surface area contributed by atoms with Gasteiger partial charge in [0.25, 0.3) is 0 Å². The van der Waals surface area contributed by atoms with E-state index in [2.05, 4.69) is 14.8 Å². The Morgan fingerprint density at radius 1 is 1.57 bits per heavy atom. The van der Waals surface area contributed by atoms with Gasteiger partial charge in [-0.15, -0.1) is 11.3 Å². The maximum atomic E-state index is 5.52. The maximum absolute atomic E-state index is 5.52. The first-order chi connectivity index (χ1) is 6.83. The Hall–Kier alpha value is -0.820. The van der Waals surface area contributed by atoms with E-state index in [0.29, 0.717) is 0 Å². The van der Waals surface area contributed by atoms with Crippen molar-refractivity contribution < 1.29 is 0 Å². The molecule has 2 rings (SSSR count). The summed E-state index contributed by atoms with van der Waals surface area (Å²) in [6.07, 6.45) is 0. The smallest absolute Gasteiger partial charge is 0.100 e. The molecule has 2 aromatic heterocycles. The summed E-state index contributed by atoms with van der Waals surface area (Å²) in [5.74, 6) is 5.52. The highest BCUT2D eigenvalue weighted by Crippen LogP contribution is 2.26. The van der Waals surface area contributed by atoms with Crippen LogP contribution in [0.4, 0.5) is 0 Å². The zero-order valence-corrected chi connectivity index (χ0v) is 9.23. The zero-order valence-electron chi connectivity index (χ0n) is 7.60. The summed E-state index contributed by atoms with van der Waals surface area (Å²) in [6, 6.07) is 1.93. The first-order valence-electron chi connectivity index (χ1n) is 4.09. The van der Waals surface area contributed by atoms with Crippen LogP contribution in [-0.2, 0) is 0 Å². The molecule has 0 aliphatic heterocycles. The van der Waals surface area contributed by atoms with Crippen molar-refractivity contribution in [1.82, 2.24) is 14.8 Å². The van der Waals surface area contributed by atoms with Gasteiger partial charge >= 0.3 is 0 Å². The number of hydrazine groups is 1. The highest BCUT2D eigenvalue weighted by molar-refractivity contribution is 7.09. The van der Waals surface area contributed by atoms with Crippen LogP contribution in [0.15, 0.2) is 17.0 Å². The fourth-order valence-electron chi connectivity index (χ4n) is 1.25. The number of nitrogens with zero attached hydrogens (tertiary/aromatic N) is 2. The van der Waals surface area contributed by atoms with Crippen molar-refractivity contribution in [2.24, 2.45) is 5.84 Å². The van der Waals surface area contributed by atoms with Gasteiger partial charge in [-0.2, -0.15) is 4.37 Å². The van der Waals surface area contributed by atoms with Gasteiger partial charge in [0.05, 0.1) is 21.8 Å². The molecule has 2 heterocycles. The average Bonchev–Trinajstić information content (AvgIpc) is 2.80. The summed E-state index contributed by atoms with van der Waals surface area (Å²) in [5.41, 5.74) is 6.54. The van der Waals surface area contributed by atoms with Crippen LogP contribution in [0, 0.1) is 6.92 Å². The second-order valence-corrected chi connectivity index (χ2v) is 4.38. The number of rotatable bonds is 3. The lowest BCUT2D eigenvalue weighted by Gasteiger charge is -2.11. The first-order valence-corrected chi connectivity index (χ1v) is 5.81. The van der Waals surface area contributed by atoms with Gasteiger partial charge in [0.15, 0.2) is 0 Å². The molecule has 0 aromatic carbocycles. The van der Waals surface area contributed by atoms with Crippen molar-refractivity contribution in [3.8, 4) is 0 Å². The number of aryl methyl sites for hydroxylation is 1. The molecule has 0 aliphatic carbocycles. The molecule has 14 heavy (non-hydrogen) atoms. The molecule has 2 aromatic rings. The van der Waals surface area contributed by atoms with E-state index in [4.69, 9.17) is 5.84 Å². The van der Waals surface area contributed by atoms with Crippen molar-refractivity contribution in [2.45, 2.75) is 13.0 Å². The van der Waals surface area contributed by atoms with Crippen molar-refractivity contribution >= 4 is 22.9 Å². The number of thiazole rings is 1. The van der Waals surface area contributed by atoms with E-state index in [9.17, 15) is 0 Å². The van der Waals surface area contributed by atoms with Gasteiger partial charge in [0, 0.05) is 5.38 Å². The lowest BCUT2D eigenvalue weighted by molar-refractivity contribution is 0.631. The Morgan fingerprint density at radius 2 is 2.43 bits per heavy atom. The maximum Gasteiger partial charge on any atom is 0.100 e. The summed E-state index contributed by atoms with van der Waals surface area (Å²) in [5, 5.41) is 1.94. The molecule has 0 saturated heterocycles. The van der Waals surface area contributed by atoms with Crippen LogP contribution in [0.25, 0.3) is 0 Å². The van der Waals surface area contributed by atoms with Crippen LogP contribution in [0.5, 0.6) is 0 Å². The molecule has 0 radical (unpaired) electrons. The third kappa shape index (κ3) is 1.69. The van der Waals surface area contributed by atoms with Gasteiger partial charge in [-0.05, 0) is 24.5 Å². The number of nitrogens with two attached hydrogens (primary N) is 1. The van der Waals surface area contributed by atoms with Gasteiger partial charge in [-0.1, -0.05) is 0 Å². The molecular weight excluding hydrogens is 216 g/mol. The lowest BCUT2D eigenvalue weighted by atomic mass is 10.1. The van der Waals surface area contributed by atoms with E-state index in [-0.39, 0.29) is 6.04 Å². The van der Waals surface area contributed by atoms with Gasteiger partial charge in [0.1, 0.15) is 6.04 Å². The van der Waals surface area contributed by atoms with E-state index >= 15 is 0 Å². The SMILES string of the molecule is Cc1ncsc1C(NN)c1ccsn1. The second-order valence-electron chi connectivity index (χ2n) is 2.83. The summed E-state index contributed by atoms with van der Waals surface area (Å²) in [4.78, 5) is 5.32. The van der Waals surface area contributed by atoms with Crippen LogP contribution >= 0.6 is 22.9 Å². The predicted molar refractivity (Wildman–Crippen MR) is 58.1 cm³/mol. The second kappa shape index (κ2) is 4.14. The average molecular weight is 226 g/mol. The van der Waals surface area contributed by atoms with Gasteiger partial charge in [-0.3, -0.25) is 5.84 Å². The van der Waals surface area contributed by atoms with E-state index in [0.717, 1.165) is 16.3 Å². The molecule has 0 saturated carbocycles. The third-order valence-electron chi connectivity index (χ3n) is 1.97. The number of hydrogen-bond acceptors (Lipinski definition) is 6. The molecular formula is C8H10N4S2. The quantitative estimate of drug-likeness (QED) is 0.614. The molecule has 0 bridgehead atoms. The highest BCUT2D eigenvalue weighted by atomic mass is 32.1. The Kier molecular flexibility index (Phi) is 2.87. The van der Waals surface area contributed by atoms with E-state index in [1.54, 1.807) is 11.3 Å². The molecule has 6 heteroatoms. The van der Waals surface area contributed by atoms with Crippen molar-refractivity contribution in [3.05, 3.63) is 33.2 Å². The summed E-state index contributed by atoms with van der Waals surface area (Å²) in [7, 11) is 0. The van der Waals surface area contributed by atoms with E-state index < -0.39 is 0 Å². The van der Waals surface area contributed by atoms with Crippen LogP contribution in [0.3, 0.4) is 0 Å². The number of nitrogens with one attached hydrogen (secondary N) is 1. The lowest BCUT2D eigenvalue weighted by Crippen LogP contribution is -2.28. The molecule has 4 nitrogen and oxygen atoms in total. The molecule has 3 N–H and O–H groups in total. The van der Waals surface area contributed by atoms with Crippen molar-refractivity contribution in [3.63, 3.8) is 0 Å². The Morgan fingerprint density at radius 3 is 2.93 bits per heavy atom.